The van der Waals surface area contributed by atoms with Gasteiger partial charge in [0.25, 0.3) is 5.91 Å². The number of hydrogen-bond donors (Lipinski definition) is 3. The fraction of sp³-hybridized carbons (Fsp3) is 0.148. The van der Waals surface area contributed by atoms with Crippen LogP contribution >= 0.6 is 11.8 Å². The number of dihydropyridines is 1. The standard InChI is InChI=1S/C27H23FN4O3S/c1-16-5-9-19(10-6-16)31-23(33)15-36-27-21(14-29)25(22-4-3-13-35-22)24(17(2)30-27)26(34)32-20-11-7-18(28)8-12-20/h3-13,25,30H,15H2,1-2H3,(H,31,33)(H,32,34)/t25-/m1/s1. The van der Waals surface area contributed by atoms with Crippen molar-refractivity contribution in [2.24, 2.45) is 0 Å². The molecule has 9 heteroatoms. The number of carbonyl (C=O) groups excluding carboxylic acids is 2. The number of thioether (sulfide) groups is 1. The Balaban J connectivity index is 1.57. The number of amides is 2. The van der Waals surface area contributed by atoms with Gasteiger partial charge in [0.2, 0.25) is 5.91 Å². The van der Waals surface area contributed by atoms with Crippen molar-refractivity contribution < 1.29 is 18.4 Å². The number of carbonyl (C=O) groups is 2. The van der Waals surface area contributed by atoms with E-state index in [0.29, 0.717) is 33.4 Å². The molecule has 0 aliphatic carbocycles. The highest BCUT2D eigenvalue weighted by molar-refractivity contribution is 8.03. The van der Waals surface area contributed by atoms with Gasteiger partial charge in [-0.05, 0) is 62.4 Å². The first kappa shape index (κ1) is 24.8. The normalized spacial score (nSPS) is 15.2. The molecule has 7 nitrogen and oxygen atoms in total. The van der Waals surface area contributed by atoms with Gasteiger partial charge in [-0.1, -0.05) is 29.5 Å². The second kappa shape index (κ2) is 11.0. The van der Waals surface area contributed by atoms with E-state index in [1.165, 1.54) is 42.3 Å². The number of anilines is 2. The van der Waals surface area contributed by atoms with Crippen molar-refractivity contribution in [1.82, 2.24) is 5.32 Å². The number of benzene rings is 2. The van der Waals surface area contributed by atoms with Crippen LogP contribution in [-0.4, -0.2) is 17.6 Å². The van der Waals surface area contributed by atoms with Crippen molar-refractivity contribution >= 4 is 35.0 Å². The summed E-state index contributed by atoms with van der Waals surface area (Å²) in [6, 6.07) is 18.4. The lowest BCUT2D eigenvalue weighted by molar-refractivity contribution is -0.114. The highest BCUT2D eigenvalue weighted by Gasteiger charge is 2.36. The Hall–Kier alpha value is -4.29. The second-order valence-electron chi connectivity index (χ2n) is 8.13. The van der Waals surface area contributed by atoms with E-state index in [-0.39, 0.29) is 17.2 Å². The number of allylic oxidation sites excluding steroid dienone is 2. The summed E-state index contributed by atoms with van der Waals surface area (Å²) in [4.78, 5) is 25.8. The molecule has 36 heavy (non-hydrogen) atoms. The van der Waals surface area contributed by atoms with Crippen LogP contribution in [0.3, 0.4) is 0 Å². The van der Waals surface area contributed by atoms with E-state index in [0.717, 1.165) is 5.56 Å². The molecule has 3 N–H and O–H groups in total. The average Bonchev–Trinajstić information content (AvgIpc) is 3.39. The fourth-order valence-corrected chi connectivity index (χ4v) is 4.66. The smallest absolute Gasteiger partial charge is 0.254 e. The Bertz CT molecular complexity index is 1370. The van der Waals surface area contributed by atoms with Gasteiger partial charge in [0.05, 0.1) is 40.2 Å². The zero-order valence-corrected chi connectivity index (χ0v) is 20.4. The third kappa shape index (κ3) is 5.67. The molecule has 0 spiro atoms. The van der Waals surface area contributed by atoms with Gasteiger partial charge >= 0.3 is 0 Å². The maximum atomic E-state index is 13.3. The topological polar surface area (TPSA) is 107 Å². The van der Waals surface area contributed by atoms with E-state index in [2.05, 4.69) is 22.0 Å². The van der Waals surface area contributed by atoms with Gasteiger partial charge < -0.3 is 20.4 Å². The number of halogens is 1. The van der Waals surface area contributed by atoms with Crippen LogP contribution in [0.1, 0.15) is 24.2 Å². The number of nitrogens with one attached hydrogen (secondary N) is 3. The summed E-state index contributed by atoms with van der Waals surface area (Å²) in [6.07, 6.45) is 1.47. The van der Waals surface area contributed by atoms with Gasteiger partial charge in [-0.25, -0.2) is 4.39 Å². The Labute approximate surface area is 212 Å². The summed E-state index contributed by atoms with van der Waals surface area (Å²) in [5.41, 5.74) is 3.24. The molecule has 0 radical (unpaired) electrons. The van der Waals surface area contributed by atoms with Crippen LogP contribution in [-0.2, 0) is 9.59 Å². The third-order valence-electron chi connectivity index (χ3n) is 5.50. The zero-order chi connectivity index (χ0) is 25.7. The summed E-state index contributed by atoms with van der Waals surface area (Å²) < 4.78 is 18.9. The first-order chi connectivity index (χ1) is 17.4. The summed E-state index contributed by atoms with van der Waals surface area (Å²) in [5.74, 6) is -1.42. The van der Waals surface area contributed by atoms with Crippen molar-refractivity contribution in [1.29, 1.82) is 5.26 Å². The first-order valence-corrected chi connectivity index (χ1v) is 12.1. The number of aryl methyl sites for hydroxylation is 1. The largest absolute Gasteiger partial charge is 0.468 e. The van der Waals surface area contributed by atoms with E-state index in [1.54, 1.807) is 19.1 Å². The zero-order valence-electron chi connectivity index (χ0n) is 19.6. The van der Waals surface area contributed by atoms with Gasteiger partial charge in [0.15, 0.2) is 0 Å². The predicted octanol–water partition coefficient (Wildman–Crippen LogP) is 5.43. The Kier molecular flexibility index (Phi) is 7.56. The number of nitrogens with zero attached hydrogens (tertiary/aromatic N) is 1. The van der Waals surface area contributed by atoms with Crippen molar-refractivity contribution in [2.45, 2.75) is 19.8 Å². The summed E-state index contributed by atoms with van der Waals surface area (Å²) in [7, 11) is 0. The molecule has 0 saturated heterocycles. The molecular formula is C27H23FN4O3S. The van der Waals surface area contributed by atoms with E-state index in [1.807, 2.05) is 31.2 Å². The minimum Gasteiger partial charge on any atom is -0.468 e. The highest BCUT2D eigenvalue weighted by Crippen LogP contribution is 2.41. The number of hydrogen-bond acceptors (Lipinski definition) is 6. The van der Waals surface area contributed by atoms with Crippen LogP contribution in [0.25, 0.3) is 0 Å². The Morgan fingerprint density at radius 2 is 1.72 bits per heavy atom. The molecule has 4 rings (SSSR count). The molecule has 1 atom stereocenters. The summed E-state index contributed by atoms with van der Waals surface area (Å²) in [6.45, 7) is 3.68. The Morgan fingerprint density at radius 3 is 2.36 bits per heavy atom. The van der Waals surface area contributed by atoms with E-state index in [4.69, 9.17) is 4.42 Å². The number of rotatable bonds is 7. The third-order valence-corrected chi connectivity index (χ3v) is 6.52. The first-order valence-electron chi connectivity index (χ1n) is 11.1. The lowest BCUT2D eigenvalue weighted by Crippen LogP contribution is -2.31. The lowest BCUT2D eigenvalue weighted by atomic mass is 9.85. The minimum atomic E-state index is -0.783. The second-order valence-corrected chi connectivity index (χ2v) is 9.12. The molecular weight excluding hydrogens is 479 g/mol. The van der Waals surface area contributed by atoms with E-state index >= 15 is 0 Å². The predicted molar refractivity (Wildman–Crippen MR) is 137 cm³/mol. The summed E-state index contributed by atoms with van der Waals surface area (Å²) in [5, 5.41) is 19.2. The van der Waals surface area contributed by atoms with Gasteiger partial charge in [-0.15, -0.1) is 0 Å². The van der Waals surface area contributed by atoms with Crippen LogP contribution < -0.4 is 16.0 Å². The molecule has 0 fully saturated rings. The molecule has 2 amide bonds. The molecule has 0 bridgehead atoms. The highest BCUT2D eigenvalue weighted by atomic mass is 32.2. The average molecular weight is 503 g/mol. The number of furan rings is 1. The molecule has 0 saturated carbocycles. The van der Waals surface area contributed by atoms with Crippen molar-refractivity contribution in [3.63, 3.8) is 0 Å². The van der Waals surface area contributed by atoms with Crippen molar-refractivity contribution in [2.75, 3.05) is 16.4 Å². The molecule has 0 unspecified atom stereocenters. The van der Waals surface area contributed by atoms with E-state index < -0.39 is 17.6 Å². The SMILES string of the molecule is CC1=C(C(=O)Nc2ccc(F)cc2)[C@@H](c2ccco2)C(C#N)=C(SCC(=O)Nc2ccc(C)cc2)N1. The van der Waals surface area contributed by atoms with Crippen LogP contribution in [0.15, 0.2) is 93.2 Å². The van der Waals surface area contributed by atoms with Gasteiger partial charge in [-0.2, -0.15) is 5.26 Å². The molecule has 182 valence electrons. The molecule has 1 aliphatic rings. The molecule has 3 aromatic rings. The van der Waals surface area contributed by atoms with E-state index in [9.17, 15) is 19.2 Å². The van der Waals surface area contributed by atoms with Crippen LogP contribution in [0.5, 0.6) is 0 Å². The minimum absolute atomic E-state index is 0.0522. The van der Waals surface area contributed by atoms with Crippen LogP contribution in [0.2, 0.25) is 0 Å². The maximum absolute atomic E-state index is 13.3. The number of nitriles is 1. The van der Waals surface area contributed by atoms with Crippen LogP contribution in [0.4, 0.5) is 15.8 Å². The summed E-state index contributed by atoms with van der Waals surface area (Å²) >= 11 is 1.17. The Morgan fingerprint density at radius 1 is 1.06 bits per heavy atom. The van der Waals surface area contributed by atoms with Gasteiger partial charge in [0, 0.05) is 17.1 Å². The van der Waals surface area contributed by atoms with Crippen molar-refractivity contribution in [3.05, 3.63) is 106 Å². The van der Waals surface area contributed by atoms with Gasteiger partial charge in [-0.3, -0.25) is 9.59 Å². The molecule has 1 aromatic heterocycles. The molecule has 2 heterocycles. The molecule has 2 aromatic carbocycles. The maximum Gasteiger partial charge on any atom is 0.254 e. The van der Waals surface area contributed by atoms with Gasteiger partial charge in [0.1, 0.15) is 11.6 Å². The van der Waals surface area contributed by atoms with Crippen molar-refractivity contribution in [3.8, 4) is 6.07 Å². The quantitative estimate of drug-likeness (QED) is 0.398. The fourth-order valence-electron chi connectivity index (χ4n) is 3.77. The lowest BCUT2D eigenvalue weighted by Gasteiger charge is -2.28. The molecule has 1 aliphatic heterocycles. The van der Waals surface area contributed by atoms with Crippen LogP contribution in [0, 0.1) is 24.1 Å². The monoisotopic (exact) mass is 502 g/mol.